The Bertz CT molecular complexity index is 1330. The Hall–Kier alpha value is -4.13. The summed E-state index contributed by atoms with van der Waals surface area (Å²) in [6.07, 6.45) is 1.75. The predicted molar refractivity (Wildman–Crippen MR) is 128 cm³/mol. The van der Waals surface area contributed by atoms with Crippen LogP contribution in [0, 0.1) is 5.92 Å². The number of rotatable bonds is 6. The maximum absolute atomic E-state index is 12.7. The average Bonchev–Trinajstić information content (AvgIpc) is 3.25. The summed E-state index contributed by atoms with van der Waals surface area (Å²) in [5, 5.41) is 5.71. The van der Waals surface area contributed by atoms with Crippen molar-refractivity contribution in [2.75, 3.05) is 0 Å². The third-order valence-corrected chi connectivity index (χ3v) is 5.58. The molecular weight excluding hydrogens is 416 g/mol. The van der Waals surface area contributed by atoms with E-state index in [0.29, 0.717) is 5.56 Å². The van der Waals surface area contributed by atoms with Crippen molar-refractivity contribution in [2.24, 2.45) is 5.92 Å². The fourth-order valence-corrected chi connectivity index (χ4v) is 3.82. The van der Waals surface area contributed by atoms with Crippen LogP contribution >= 0.6 is 0 Å². The summed E-state index contributed by atoms with van der Waals surface area (Å²) < 4.78 is 0. The van der Waals surface area contributed by atoms with E-state index in [2.05, 4.69) is 21.2 Å². The van der Waals surface area contributed by atoms with Gasteiger partial charge in [-0.05, 0) is 28.3 Å². The minimum Gasteiger partial charge on any atom is -0.360 e. The number of carbonyl (C=O) groups excluding carboxylic acids is 3. The van der Waals surface area contributed by atoms with Gasteiger partial charge in [0.2, 0.25) is 5.91 Å². The highest BCUT2D eigenvalue weighted by Crippen LogP contribution is 2.18. The van der Waals surface area contributed by atoms with Gasteiger partial charge in [0.25, 0.3) is 11.8 Å². The number of amides is 3. The first-order chi connectivity index (χ1) is 15.9. The molecule has 4 aromatic rings. The number of hydrogen-bond acceptors (Lipinski definition) is 3. The Labute approximate surface area is 191 Å². The van der Waals surface area contributed by atoms with E-state index in [-0.39, 0.29) is 18.2 Å². The van der Waals surface area contributed by atoms with E-state index < -0.39 is 17.9 Å². The first kappa shape index (κ1) is 22.1. The highest BCUT2D eigenvalue weighted by molar-refractivity contribution is 6.07. The molecule has 0 aliphatic carbocycles. The van der Waals surface area contributed by atoms with Gasteiger partial charge in [-0.3, -0.25) is 25.2 Å². The summed E-state index contributed by atoms with van der Waals surface area (Å²) in [5.74, 6) is -1.35. The van der Waals surface area contributed by atoms with Gasteiger partial charge in [-0.15, -0.1) is 0 Å². The topological polar surface area (TPSA) is 103 Å². The van der Waals surface area contributed by atoms with Crippen molar-refractivity contribution in [3.05, 3.63) is 84.1 Å². The molecule has 0 saturated heterocycles. The summed E-state index contributed by atoms with van der Waals surface area (Å²) in [4.78, 5) is 41.0. The quantitative estimate of drug-likeness (QED) is 0.344. The summed E-state index contributed by atoms with van der Waals surface area (Å²) in [6.45, 7) is 3.67. The molecule has 0 radical (unpaired) electrons. The molecule has 3 aromatic carbocycles. The summed E-state index contributed by atoms with van der Waals surface area (Å²) in [6, 6.07) is 20.4. The molecule has 4 rings (SSSR count). The molecule has 1 heterocycles. The molecule has 7 heteroatoms. The number of fused-ring (bicyclic) bond motifs is 2. The van der Waals surface area contributed by atoms with Gasteiger partial charge in [0.15, 0.2) is 0 Å². The van der Waals surface area contributed by atoms with Crippen molar-refractivity contribution in [3.63, 3.8) is 0 Å². The molecule has 33 heavy (non-hydrogen) atoms. The summed E-state index contributed by atoms with van der Waals surface area (Å²) >= 11 is 0. The van der Waals surface area contributed by atoms with Crippen LogP contribution in [0.5, 0.6) is 0 Å². The zero-order valence-corrected chi connectivity index (χ0v) is 18.5. The fraction of sp³-hybridized carbons (Fsp3) is 0.192. The van der Waals surface area contributed by atoms with Gasteiger partial charge in [0.05, 0.1) is 12.0 Å². The van der Waals surface area contributed by atoms with Crippen LogP contribution in [0.25, 0.3) is 21.7 Å². The first-order valence-corrected chi connectivity index (χ1v) is 10.9. The molecule has 1 aromatic heterocycles. The third kappa shape index (κ3) is 5.03. The lowest BCUT2D eigenvalue weighted by Crippen LogP contribution is -2.54. The molecule has 0 aliphatic rings. The van der Waals surface area contributed by atoms with E-state index in [1.165, 1.54) is 0 Å². The number of hydrazine groups is 1. The normalized spacial score (nSPS) is 12.0. The van der Waals surface area contributed by atoms with E-state index in [0.717, 1.165) is 27.2 Å². The van der Waals surface area contributed by atoms with E-state index in [1.54, 1.807) is 6.20 Å². The Morgan fingerprint density at radius 2 is 1.61 bits per heavy atom. The SMILES string of the molecule is CC(C)C(NC(=O)Cc1ccc2ccccc2c1)C(=O)NNC(=O)c1c[nH]c2ccccc12. The van der Waals surface area contributed by atoms with Crippen molar-refractivity contribution in [2.45, 2.75) is 26.3 Å². The lowest BCUT2D eigenvalue weighted by atomic mass is 10.0. The second-order valence-corrected chi connectivity index (χ2v) is 8.34. The van der Waals surface area contributed by atoms with Crippen LogP contribution in [-0.4, -0.2) is 28.7 Å². The van der Waals surface area contributed by atoms with E-state index in [9.17, 15) is 14.4 Å². The van der Waals surface area contributed by atoms with Gasteiger partial charge in [-0.25, -0.2) is 0 Å². The Morgan fingerprint density at radius 3 is 2.39 bits per heavy atom. The van der Waals surface area contributed by atoms with E-state index >= 15 is 0 Å². The highest BCUT2D eigenvalue weighted by atomic mass is 16.2. The second-order valence-electron chi connectivity index (χ2n) is 8.34. The van der Waals surface area contributed by atoms with Gasteiger partial charge < -0.3 is 10.3 Å². The number of benzene rings is 3. The van der Waals surface area contributed by atoms with Crippen LogP contribution in [0.4, 0.5) is 0 Å². The minimum absolute atomic E-state index is 0.156. The maximum atomic E-state index is 12.7. The third-order valence-electron chi connectivity index (χ3n) is 5.58. The van der Waals surface area contributed by atoms with Crippen LogP contribution in [0.3, 0.4) is 0 Å². The minimum atomic E-state index is -0.791. The number of nitrogens with one attached hydrogen (secondary N) is 4. The Kier molecular flexibility index (Phi) is 6.40. The van der Waals surface area contributed by atoms with Crippen molar-refractivity contribution >= 4 is 39.4 Å². The van der Waals surface area contributed by atoms with E-state index in [1.807, 2.05) is 80.6 Å². The monoisotopic (exact) mass is 442 g/mol. The van der Waals surface area contributed by atoms with Crippen LogP contribution in [0.15, 0.2) is 72.9 Å². The molecule has 0 spiro atoms. The predicted octanol–water partition coefficient (Wildman–Crippen LogP) is 3.47. The fourth-order valence-electron chi connectivity index (χ4n) is 3.82. The molecule has 0 fully saturated rings. The zero-order valence-electron chi connectivity index (χ0n) is 18.5. The number of para-hydroxylation sites is 1. The zero-order chi connectivity index (χ0) is 23.4. The largest absolute Gasteiger partial charge is 0.360 e. The van der Waals surface area contributed by atoms with E-state index in [4.69, 9.17) is 0 Å². The van der Waals surface area contributed by atoms with Gasteiger partial charge in [-0.2, -0.15) is 0 Å². The van der Waals surface area contributed by atoms with Gasteiger partial charge in [0.1, 0.15) is 6.04 Å². The van der Waals surface area contributed by atoms with Crippen molar-refractivity contribution in [1.29, 1.82) is 0 Å². The molecule has 7 nitrogen and oxygen atoms in total. The van der Waals surface area contributed by atoms with Gasteiger partial charge >= 0.3 is 0 Å². The van der Waals surface area contributed by atoms with Gasteiger partial charge in [0, 0.05) is 17.1 Å². The molecule has 1 unspecified atom stereocenters. The highest BCUT2D eigenvalue weighted by Gasteiger charge is 2.25. The number of hydrogen-bond donors (Lipinski definition) is 4. The van der Waals surface area contributed by atoms with Crippen molar-refractivity contribution in [1.82, 2.24) is 21.2 Å². The molecular formula is C26H26N4O3. The molecule has 168 valence electrons. The Morgan fingerprint density at radius 1 is 0.879 bits per heavy atom. The molecule has 0 bridgehead atoms. The number of carbonyl (C=O) groups is 3. The maximum Gasteiger partial charge on any atom is 0.271 e. The van der Waals surface area contributed by atoms with Crippen LogP contribution in [-0.2, 0) is 16.0 Å². The lowest BCUT2D eigenvalue weighted by molar-refractivity contribution is -0.130. The Balaban J connectivity index is 1.37. The number of aromatic nitrogens is 1. The lowest BCUT2D eigenvalue weighted by Gasteiger charge is -2.22. The second kappa shape index (κ2) is 9.56. The molecule has 4 N–H and O–H groups in total. The van der Waals surface area contributed by atoms with Crippen LogP contribution < -0.4 is 16.2 Å². The average molecular weight is 443 g/mol. The smallest absolute Gasteiger partial charge is 0.271 e. The molecule has 0 aliphatic heterocycles. The van der Waals surface area contributed by atoms with Gasteiger partial charge in [-0.1, -0.05) is 74.5 Å². The molecule has 3 amide bonds. The first-order valence-electron chi connectivity index (χ1n) is 10.9. The standard InChI is InChI=1S/C26H26N4O3/c1-16(2)24(28-23(31)14-17-11-12-18-7-3-4-8-19(18)13-17)26(33)30-29-25(32)21-15-27-22-10-6-5-9-20(21)22/h3-13,15-16,24,27H,14H2,1-2H3,(H,28,31)(H,29,32)(H,30,33). The summed E-state index contributed by atoms with van der Waals surface area (Å²) in [5.41, 5.74) is 7.00. The van der Waals surface area contributed by atoms with Crippen LogP contribution in [0.2, 0.25) is 0 Å². The number of aromatic amines is 1. The molecule has 1 atom stereocenters. The number of H-pyrrole nitrogens is 1. The summed E-state index contributed by atoms with van der Waals surface area (Å²) in [7, 11) is 0. The van der Waals surface area contributed by atoms with Crippen LogP contribution in [0.1, 0.15) is 29.8 Å². The van der Waals surface area contributed by atoms with Crippen molar-refractivity contribution < 1.29 is 14.4 Å². The van der Waals surface area contributed by atoms with Crippen molar-refractivity contribution in [3.8, 4) is 0 Å². The molecule has 0 saturated carbocycles.